The lowest BCUT2D eigenvalue weighted by Gasteiger charge is -2.12. The van der Waals surface area contributed by atoms with Crippen LogP contribution in [0.2, 0.25) is 0 Å². The Bertz CT molecular complexity index is 809. The molecule has 0 atom stereocenters. The molecule has 6 heteroatoms. The second-order valence-corrected chi connectivity index (χ2v) is 5.66. The average Bonchev–Trinajstić information content (AvgIpc) is 2.91. The number of likely N-dealkylation sites (N-methyl/N-ethyl adjacent to an activating group) is 1. The topological polar surface area (TPSA) is 90.5 Å². The molecule has 0 aliphatic rings. The molecule has 0 aliphatic carbocycles. The molecule has 0 saturated carbocycles. The first-order valence-electron chi connectivity index (χ1n) is 7.37. The van der Waals surface area contributed by atoms with Gasteiger partial charge in [-0.3, -0.25) is 0 Å². The average molecular weight is 312 g/mol. The van der Waals surface area contributed by atoms with E-state index in [1.54, 1.807) is 0 Å². The first kappa shape index (κ1) is 15.2. The van der Waals surface area contributed by atoms with E-state index in [1.807, 2.05) is 50.5 Å². The summed E-state index contributed by atoms with van der Waals surface area (Å²) >= 11 is 0. The highest BCUT2D eigenvalue weighted by Crippen LogP contribution is 2.37. The first-order valence-corrected chi connectivity index (χ1v) is 7.37. The fraction of sp³-hybridized carbons (Fsp3) is 0.235. The molecule has 2 aromatic carbocycles. The molecule has 0 saturated heterocycles. The third-order valence-corrected chi connectivity index (χ3v) is 3.63. The Hall–Kier alpha value is -2.73. The lowest BCUT2D eigenvalue weighted by Crippen LogP contribution is -2.19. The van der Waals surface area contributed by atoms with E-state index in [0.717, 1.165) is 23.1 Å². The SMILES string of the molecule is CN(C)CCOc1ccc(-c2ccc(N)cc2)c2c(N)noc12. The fourth-order valence-electron chi connectivity index (χ4n) is 2.40. The van der Waals surface area contributed by atoms with Crippen molar-refractivity contribution in [3.8, 4) is 16.9 Å². The summed E-state index contributed by atoms with van der Waals surface area (Å²) in [6, 6.07) is 11.5. The minimum Gasteiger partial charge on any atom is -0.488 e. The van der Waals surface area contributed by atoms with Crippen LogP contribution in [0, 0.1) is 0 Å². The highest BCUT2D eigenvalue weighted by atomic mass is 16.5. The van der Waals surface area contributed by atoms with Gasteiger partial charge in [-0.15, -0.1) is 0 Å². The Labute approximate surface area is 134 Å². The molecule has 23 heavy (non-hydrogen) atoms. The van der Waals surface area contributed by atoms with E-state index in [1.165, 1.54) is 0 Å². The summed E-state index contributed by atoms with van der Waals surface area (Å²) in [5.41, 5.74) is 15.0. The van der Waals surface area contributed by atoms with Crippen molar-refractivity contribution in [2.75, 3.05) is 38.7 Å². The lowest BCUT2D eigenvalue weighted by molar-refractivity contribution is 0.259. The van der Waals surface area contributed by atoms with Gasteiger partial charge >= 0.3 is 0 Å². The number of fused-ring (bicyclic) bond motifs is 1. The number of nitrogens with zero attached hydrogens (tertiary/aromatic N) is 2. The zero-order valence-corrected chi connectivity index (χ0v) is 13.2. The molecule has 3 rings (SSSR count). The molecule has 6 nitrogen and oxygen atoms in total. The summed E-state index contributed by atoms with van der Waals surface area (Å²) in [5, 5.41) is 4.65. The van der Waals surface area contributed by atoms with Gasteiger partial charge in [0.05, 0.1) is 5.39 Å². The Balaban J connectivity index is 2.01. The second kappa shape index (κ2) is 6.18. The van der Waals surface area contributed by atoms with Crippen LogP contribution in [0.3, 0.4) is 0 Å². The predicted molar refractivity (Wildman–Crippen MR) is 92.3 cm³/mol. The third kappa shape index (κ3) is 3.07. The van der Waals surface area contributed by atoms with E-state index in [4.69, 9.17) is 20.7 Å². The zero-order chi connectivity index (χ0) is 16.4. The number of benzene rings is 2. The molecule has 0 spiro atoms. The number of rotatable bonds is 5. The number of hydrogen-bond acceptors (Lipinski definition) is 6. The number of anilines is 2. The molecule has 3 aromatic rings. The van der Waals surface area contributed by atoms with Gasteiger partial charge in [-0.1, -0.05) is 17.3 Å². The number of hydrogen-bond donors (Lipinski definition) is 2. The first-order chi connectivity index (χ1) is 11.1. The van der Waals surface area contributed by atoms with Crippen LogP contribution in [-0.2, 0) is 0 Å². The molecule has 0 fully saturated rings. The summed E-state index contributed by atoms with van der Waals surface area (Å²) in [6.45, 7) is 1.37. The number of nitrogens with two attached hydrogens (primary N) is 2. The van der Waals surface area contributed by atoms with E-state index in [-0.39, 0.29) is 0 Å². The van der Waals surface area contributed by atoms with E-state index in [9.17, 15) is 0 Å². The van der Waals surface area contributed by atoms with Crippen LogP contribution in [0.5, 0.6) is 5.75 Å². The van der Waals surface area contributed by atoms with Crippen molar-refractivity contribution >= 4 is 22.5 Å². The Morgan fingerprint density at radius 2 is 1.83 bits per heavy atom. The van der Waals surface area contributed by atoms with Gasteiger partial charge in [0, 0.05) is 12.2 Å². The van der Waals surface area contributed by atoms with Crippen LogP contribution in [0.4, 0.5) is 11.5 Å². The maximum absolute atomic E-state index is 6.00. The van der Waals surface area contributed by atoms with Crippen molar-refractivity contribution in [1.29, 1.82) is 0 Å². The molecular weight excluding hydrogens is 292 g/mol. The maximum atomic E-state index is 6.00. The summed E-state index contributed by atoms with van der Waals surface area (Å²) < 4.78 is 11.2. The molecule has 1 aromatic heterocycles. The minimum absolute atomic E-state index is 0.352. The van der Waals surface area contributed by atoms with Gasteiger partial charge in [0.25, 0.3) is 0 Å². The van der Waals surface area contributed by atoms with Crippen molar-refractivity contribution in [3.05, 3.63) is 36.4 Å². The standard InChI is InChI=1S/C17H20N4O2/c1-21(2)9-10-22-14-8-7-13(11-3-5-12(18)6-4-11)15-16(14)23-20-17(15)19/h3-8H,9-10,18H2,1-2H3,(H2,19,20). The summed E-state index contributed by atoms with van der Waals surface area (Å²) in [7, 11) is 3.99. The van der Waals surface area contributed by atoms with E-state index < -0.39 is 0 Å². The van der Waals surface area contributed by atoms with Crippen molar-refractivity contribution in [2.45, 2.75) is 0 Å². The van der Waals surface area contributed by atoms with Gasteiger partial charge in [-0.2, -0.15) is 0 Å². The molecule has 0 unspecified atom stereocenters. The summed E-state index contributed by atoms with van der Waals surface area (Å²) in [5.74, 6) is 0.995. The van der Waals surface area contributed by atoms with Crippen LogP contribution in [0.1, 0.15) is 0 Å². The fourth-order valence-corrected chi connectivity index (χ4v) is 2.40. The molecule has 0 radical (unpaired) electrons. The van der Waals surface area contributed by atoms with Crippen molar-refractivity contribution < 1.29 is 9.26 Å². The number of aromatic nitrogens is 1. The number of nitrogen functional groups attached to an aromatic ring is 2. The van der Waals surface area contributed by atoms with E-state index >= 15 is 0 Å². The highest BCUT2D eigenvalue weighted by molar-refractivity contribution is 6.03. The molecule has 0 bridgehead atoms. The van der Waals surface area contributed by atoms with Crippen LogP contribution >= 0.6 is 0 Å². The van der Waals surface area contributed by atoms with Crippen molar-refractivity contribution in [1.82, 2.24) is 10.1 Å². The van der Waals surface area contributed by atoms with Gasteiger partial charge in [0.1, 0.15) is 6.61 Å². The lowest BCUT2D eigenvalue weighted by atomic mass is 10.0. The summed E-state index contributed by atoms with van der Waals surface area (Å²) in [4.78, 5) is 2.05. The van der Waals surface area contributed by atoms with Gasteiger partial charge in [-0.05, 0) is 49.5 Å². The Morgan fingerprint density at radius 1 is 1.09 bits per heavy atom. The van der Waals surface area contributed by atoms with Gasteiger partial charge in [0.15, 0.2) is 11.6 Å². The zero-order valence-electron chi connectivity index (χ0n) is 13.2. The van der Waals surface area contributed by atoms with Crippen LogP contribution in [0.25, 0.3) is 22.1 Å². The third-order valence-electron chi connectivity index (χ3n) is 3.63. The van der Waals surface area contributed by atoms with Crippen LogP contribution in [0.15, 0.2) is 40.9 Å². The Kier molecular flexibility index (Phi) is 4.08. The Morgan fingerprint density at radius 3 is 2.52 bits per heavy atom. The van der Waals surface area contributed by atoms with Gasteiger partial charge in [-0.25, -0.2) is 0 Å². The molecular formula is C17H20N4O2. The predicted octanol–water partition coefficient (Wildman–Crippen LogP) is 2.60. The smallest absolute Gasteiger partial charge is 0.211 e. The van der Waals surface area contributed by atoms with Gasteiger partial charge < -0.3 is 25.6 Å². The summed E-state index contributed by atoms with van der Waals surface area (Å²) in [6.07, 6.45) is 0. The molecule has 0 aliphatic heterocycles. The van der Waals surface area contributed by atoms with Crippen LogP contribution < -0.4 is 16.2 Å². The minimum atomic E-state index is 0.352. The highest BCUT2D eigenvalue weighted by Gasteiger charge is 2.16. The molecule has 0 amide bonds. The van der Waals surface area contributed by atoms with E-state index in [0.29, 0.717) is 29.4 Å². The molecule has 4 N–H and O–H groups in total. The van der Waals surface area contributed by atoms with Crippen molar-refractivity contribution in [3.63, 3.8) is 0 Å². The maximum Gasteiger partial charge on any atom is 0.211 e. The second-order valence-electron chi connectivity index (χ2n) is 5.66. The quantitative estimate of drug-likeness (QED) is 0.704. The number of ether oxygens (including phenoxy) is 1. The largest absolute Gasteiger partial charge is 0.488 e. The monoisotopic (exact) mass is 312 g/mol. The van der Waals surface area contributed by atoms with Crippen molar-refractivity contribution in [2.24, 2.45) is 0 Å². The molecule has 1 heterocycles. The van der Waals surface area contributed by atoms with E-state index in [2.05, 4.69) is 10.1 Å². The van der Waals surface area contributed by atoms with Crippen LogP contribution in [-0.4, -0.2) is 37.3 Å². The molecule has 120 valence electrons. The normalized spacial score (nSPS) is 11.3. The van der Waals surface area contributed by atoms with Gasteiger partial charge in [0.2, 0.25) is 5.58 Å².